The summed E-state index contributed by atoms with van der Waals surface area (Å²) in [6, 6.07) is 15.3. The minimum Gasteiger partial charge on any atom is -0.480 e. The molecule has 0 saturated carbocycles. The van der Waals surface area contributed by atoms with Crippen LogP contribution in [-0.4, -0.2) is 37.3 Å². The van der Waals surface area contributed by atoms with E-state index in [1.807, 2.05) is 61.5 Å². The van der Waals surface area contributed by atoms with Crippen molar-refractivity contribution in [2.75, 3.05) is 23.9 Å². The van der Waals surface area contributed by atoms with Crippen molar-refractivity contribution in [2.24, 2.45) is 0 Å². The lowest BCUT2D eigenvalue weighted by atomic mass is 10.2. The Balaban J connectivity index is 2.20. The molecule has 1 N–H and O–H groups in total. The van der Waals surface area contributed by atoms with Gasteiger partial charge in [0.2, 0.25) is 0 Å². The second kappa shape index (κ2) is 8.19. The lowest BCUT2D eigenvalue weighted by Crippen LogP contribution is -2.43. The molecule has 0 aromatic heterocycles. The van der Waals surface area contributed by atoms with E-state index in [2.05, 4.69) is 0 Å². The van der Waals surface area contributed by atoms with E-state index in [0.717, 1.165) is 16.2 Å². The van der Waals surface area contributed by atoms with Crippen LogP contribution in [0, 0.1) is 0 Å². The first kappa shape index (κ1) is 18.3. The first-order valence-corrected chi connectivity index (χ1v) is 7.90. The first-order valence-electron chi connectivity index (χ1n) is 7.90. The smallest absolute Gasteiger partial charge is 0.415 e. The number of rotatable bonds is 6. The Morgan fingerprint density at radius 2 is 1.56 bits per heavy atom. The summed E-state index contributed by atoms with van der Waals surface area (Å²) in [5, 5.41) is 9.33. The lowest BCUT2D eigenvalue weighted by Gasteiger charge is -2.26. The highest BCUT2D eigenvalue weighted by Gasteiger charge is 2.28. The second-order valence-electron chi connectivity index (χ2n) is 5.84. The topological polar surface area (TPSA) is 70.1 Å². The molecule has 1 amide bonds. The number of carbonyl (C=O) groups is 2. The van der Waals surface area contributed by atoms with E-state index < -0.39 is 18.1 Å². The van der Waals surface area contributed by atoms with Crippen LogP contribution in [0.3, 0.4) is 0 Å². The molecule has 132 valence electrons. The van der Waals surface area contributed by atoms with Gasteiger partial charge in [0.25, 0.3) is 0 Å². The molecule has 25 heavy (non-hydrogen) atoms. The summed E-state index contributed by atoms with van der Waals surface area (Å²) in [5.41, 5.74) is 2.25. The van der Waals surface area contributed by atoms with Crippen molar-refractivity contribution in [3.8, 4) is 0 Å². The second-order valence-corrected chi connectivity index (χ2v) is 5.84. The van der Waals surface area contributed by atoms with Gasteiger partial charge in [0.1, 0.15) is 12.6 Å². The van der Waals surface area contributed by atoms with Crippen LogP contribution < -0.4 is 9.80 Å². The molecular weight excluding hydrogens is 320 g/mol. The number of nitrogens with zero attached hydrogens (tertiary/aromatic N) is 2. The lowest BCUT2D eigenvalue weighted by molar-refractivity contribution is -0.138. The summed E-state index contributed by atoms with van der Waals surface area (Å²) in [5.74, 6) is -1.10. The van der Waals surface area contributed by atoms with Crippen LogP contribution in [0.25, 0.3) is 0 Å². The molecule has 0 radical (unpaired) electrons. The zero-order valence-electron chi connectivity index (χ0n) is 14.5. The molecule has 0 fully saturated rings. The molecule has 6 nitrogen and oxygen atoms in total. The number of hydrogen-bond donors (Lipinski definition) is 1. The van der Waals surface area contributed by atoms with Crippen molar-refractivity contribution in [2.45, 2.75) is 19.6 Å². The number of ether oxygens (including phenoxy) is 1. The third kappa shape index (κ3) is 4.73. The zero-order chi connectivity index (χ0) is 18.4. The summed E-state index contributed by atoms with van der Waals surface area (Å²) in [6.07, 6.45) is -0.698. The Labute approximate surface area is 147 Å². The van der Waals surface area contributed by atoms with Gasteiger partial charge in [-0.25, -0.2) is 9.59 Å². The number of aliphatic carboxylic acids is 1. The number of anilines is 2. The van der Waals surface area contributed by atoms with Crippen molar-refractivity contribution in [3.63, 3.8) is 0 Å². The van der Waals surface area contributed by atoms with Gasteiger partial charge in [-0.1, -0.05) is 30.3 Å². The van der Waals surface area contributed by atoms with Crippen LogP contribution in [0.5, 0.6) is 0 Å². The molecule has 1 atom stereocenters. The molecule has 0 aliphatic heterocycles. The fourth-order valence-electron chi connectivity index (χ4n) is 2.30. The van der Waals surface area contributed by atoms with Crippen LogP contribution in [0.4, 0.5) is 16.2 Å². The minimum absolute atomic E-state index is 0.0816. The van der Waals surface area contributed by atoms with Gasteiger partial charge in [-0.3, -0.25) is 4.90 Å². The average molecular weight is 342 g/mol. The van der Waals surface area contributed by atoms with Gasteiger partial charge in [0.05, 0.1) is 0 Å². The largest absolute Gasteiger partial charge is 0.480 e. The molecule has 0 spiro atoms. The van der Waals surface area contributed by atoms with Gasteiger partial charge in [0, 0.05) is 25.5 Å². The number of benzene rings is 2. The third-order valence-electron chi connectivity index (χ3n) is 3.79. The minimum atomic E-state index is -1.10. The predicted molar refractivity (Wildman–Crippen MR) is 97.0 cm³/mol. The monoisotopic (exact) mass is 342 g/mol. The first-order chi connectivity index (χ1) is 11.9. The Bertz CT molecular complexity index is 714. The maximum Gasteiger partial charge on any atom is 0.415 e. The van der Waals surface area contributed by atoms with E-state index in [1.54, 1.807) is 12.1 Å². The molecule has 0 heterocycles. The summed E-state index contributed by atoms with van der Waals surface area (Å²) in [7, 11) is 3.81. The van der Waals surface area contributed by atoms with Crippen LogP contribution in [0.15, 0.2) is 54.6 Å². The molecular formula is C19H22N2O4. The van der Waals surface area contributed by atoms with E-state index in [0.29, 0.717) is 5.69 Å². The van der Waals surface area contributed by atoms with Crippen molar-refractivity contribution in [1.29, 1.82) is 0 Å². The Morgan fingerprint density at radius 1 is 1.00 bits per heavy atom. The van der Waals surface area contributed by atoms with E-state index >= 15 is 0 Å². The molecule has 0 aliphatic carbocycles. The highest BCUT2D eigenvalue weighted by atomic mass is 16.6. The van der Waals surface area contributed by atoms with Crippen molar-refractivity contribution < 1.29 is 19.4 Å². The van der Waals surface area contributed by atoms with Crippen molar-refractivity contribution in [3.05, 3.63) is 60.2 Å². The average Bonchev–Trinajstić information content (AvgIpc) is 2.61. The van der Waals surface area contributed by atoms with Gasteiger partial charge in [-0.05, 0) is 36.8 Å². The van der Waals surface area contributed by atoms with Crippen LogP contribution in [-0.2, 0) is 16.1 Å². The normalized spacial score (nSPS) is 11.5. The highest BCUT2D eigenvalue weighted by molar-refractivity contribution is 5.95. The van der Waals surface area contributed by atoms with Gasteiger partial charge in [-0.2, -0.15) is 0 Å². The molecule has 2 rings (SSSR count). The zero-order valence-corrected chi connectivity index (χ0v) is 14.5. The highest BCUT2D eigenvalue weighted by Crippen LogP contribution is 2.23. The van der Waals surface area contributed by atoms with Gasteiger partial charge < -0.3 is 14.7 Å². The van der Waals surface area contributed by atoms with E-state index in [4.69, 9.17) is 4.74 Å². The van der Waals surface area contributed by atoms with Gasteiger partial charge in [0.15, 0.2) is 0 Å². The quantitative estimate of drug-likeness (QED) is 0.871. The maximum atomic E-state index is 12.5. The van der Waals surface area contributed by atoms with Crippen LogP contribution >= 0.6 is 0 Å². The molecule has 1 unspecified atom stereocenters. The SMILES string of the molecule is CC(C(=O)O)N(C(=O)OCc1ccccc1)c1ccc(N(C)C)cc1. The Kier molecular flexibility index (Phi) is 6.00. The molecule has 2 aromatic carbocycles. The molecule has 0 aliphatic rings. The van der Waals surface area contributed by atoms with Gasteiger partial charge >= 0.3 is 12.1 Å². The Morgan fingerprint density at radius 3 is 2.08 bits per heavy atom. The molecule has 0 bridgehead atoms. The fourth-order valence-corrected chi connectivity index (χ4v) is 2.30. The summed E-state index contributed by atoms with van der Waals surface area (Å²) >= 11 is 0. The fraction of sp³-hybridized carbons (Fsp3) is 0.263. The number of carboxylic acids is 1. The van der Waals surface area contributed by atoms with Crippen molar-refractivity contribution in [1.82, 2.24) is 0 Å². The molecule has 6 heteroatoms. The number of carboxylic acid groups (broad SMARTS) is 1. The molecule has 0 saturated heterocycles. The van der Waals surface area contributed by atoms with Gasteiger partial charge in [-0.15, -0.1) is 0 Å². The summed E-state index contributed by atoms with van der Waals surface area (Å²) in [6.45, 7) is 1.53. The van der Waals surface area contributed by atoms with E-state index in [9.17, 15) is 14.7 Å². The summed E-state index contributed by atoms with van der Waals surface area (Å²) < 4.78 is 5.31. The molecule has 2 aromatic rings. The Hall–Kier alpha value is -3.02. The maximum absolute atomic E-state index is 12.5. The van der Waals surface area contributed by atoms with Crippen LogP contribution in [0.1, 0.15) is 12.5 Å². The number of hydrogen-bond acceptors (Lipinski definition) is 4. The standard InChI is InChI=1S/C19H22N2O4/c1-14(18(22)23)21(17-11-9-16(10-12-17)20(2)3)19(24)25-13-15-7-5-4-6-8-15/h4-12,14H,13H2,1-3H3,(H,22,23). The third-order valence-corrected chi connectivity index (χ3v) is 3.79. The summed E-state index contributed by atoms with van der Waals surface area (Å²) in [4.78, 5) is 27.0. The van der Waals surface area contributed by atoms with E-state index in [-0.39, 0.29) is 6.61 Å². The number of amides is 1. The number of carbonyl (C=O) groups excluding carboxylic acids is 1. The predicted octanol–water partition coefficient (Wildman–Crippen LogP) is 3.37. The van der Waals surface area contributed by atoms with Crippen LogP contribution in [0.2, 0.25) is 0 Å². The van der Waals surface area contributed by atoms with E-state index in [1.165, 1.54) is 6.92 Å². The van der Waals surface area contributed by atoms with Crippen molar-refractivity contribution >= 4 is 23.4 Å².